The van der Waals surface area contributed by atoms with Crippen LogP contribution < -0.4 is 14.4 Å². The number of allylic oxidation sites excluding steroid dienone is 1. The minimum Gasteiger partial charge on any atom is -0.490 e. The van der Waals surface area contributed by atoms with E-state index in [0.717, 1.165) is 35.3 Å². The van der Waals surface area contributed by atoms with Gasteiger partial charge >= 0.3 is 0 Å². The SMILES string of the molecule is C=CCOc1c(CC=C)cc(/C=C2\SC(=Nc3ccc(CC)cc3)N(c3ccc(CC)cc3)C2=O)cc1OCC. The summed E-state index contributed by atoms with van der Waals surface area (Å²) in [5.74, 6) is 1.18. The molecule has 3 aromatic carbocycles. The van der Waals surface area contributed by atoms with Gasteiger partial charge in [-0.1, -0.05) is 56.8 Å². The van der Waals surface area contributed by atoms with Crippen LogP contribution in [-0.2, 0) is 24.1 Å². The molecule has 0 N–H and O–H groups in total. The molecule has 206 valence electrons. The number of thioether (sulfide) groups is 1. The molecule has 0 aliphatic carbocycles. The summed E-state index contributed by atoms with van der Waals surface area (Å²) in [5, 5.41) is 0.618. The van der Waals surface area contributed by atoms with Gasteiger partial charge in [-0.15, -0.1) is 6.58 Å². The molecule has 0 spiro atoms. The maximum atomic E-state index is 13.9. The number of carbonyl (C=O) groups excluding carboxylic acids is 1. The Labute approximate surface area is 241 Å². The number of amidine groups is 1. The molecule has 0 atom stereocenters. The maximum Gasteiger partial charge on any atom is 0.271 e. The highest BCUT2D eigenvalue weighted by molar-refractivity contribution is 8.19. The van der Waals surface area contributed by atoms with Crippen molar-refractivity contribution in [3.05, 3.63) is 113 Å². The summed E-state index contributed by atoms with van der Waals surface area (Å²) in [7, 11) is 0. The molecule has 1 heterocycles. The zero-order valence-electron chi connectivity index (χ0n) is 23.5. The number of nitrogens with zero attached hydrogens (tertiary/aromatic N) is 2. The molecule has 1 saturated heterocycles. The molecule has 40 heavy (non-hydrogen) atoms. The van der Waals surface area contributed by atoms with E-state index in [1.54, 1.807) is 11.0 Å². The molecular weight excluding hydrogens is 516 g/mol. The number of hydrogen-bond acceptors (Lipinski definition) is 5. The van der Waals surface area contributed by atoms with E-state index in [1.165, 1.54) is 22.9 Å². The Morgan fingerprint density at radius 1 is 0.900 bits per heavy atom. The summed E-state index contributed by atoms with van der Waals surface area (Å²) in [6.45, 7) is 14.7. The van der Waals surface area contributed by atoms with E-state index in [9.17, 15) is 4.79 Å². The first-order valence-electron chi connectivity index (χ1n) is 13.7. The Kier molecular flexibility index (Phi) is 10.0. The lowest BCUT2D eigenvalue weighted by Crippen LogP contribution is -2.28. The first-order chi connectivity index (χ1) is 19.5. The Balaban J connectivity index is 1.78. The Bertz CT molecular complexity index is 1420. The molecule has 0 saturated carbocycles. The minimum absolute atomic E-state index is 0.117. The van der Waals surface area contributed by atoms with Gasteiger partial charge in [0.1, 0.15) is 6.61 Å². The lowest BCUT2D eigenvalue weighted by molar-refractivity contribution is -0.113. The average Bonchev–Trinajstić information content (AvgIpc) is 3.27. The standard InChI is InChI=1S/C34H36N2O3S/c1-6-11-27-21-26(22-30(38-10-5)32(27)39-20-7-2)23-31-33(37)36(29-18-14-25(9-4)15-19-29)34(40-31)35-28-16-12-24(8-3)13-17-28/h6-7,12-19,21-23H,1-2,8-11,20H2,3-5H3/b31-23-,35-34?. The predicted molar refractivity (Wildman–Crippen MR) is 169 cm³/mol. The van der Waals surface area contributed by atoms with Gasteiger partial charge in [0, 0.05) is 5.56 Å². The van der Waals surface area contributed by atoms with Gasteiger partial charge in [-0.3, -0.25) is 9.69 Å². The van der Waals surface area contributed by atoms with Gasteiger partial charge < -0.3 is 9.47 Å². The molecule has 5 nitrogen and oxygen atoms in total. The molecule has 4 rings (SSSR count). The van der Waals surface area contributed by atoms with Crippen molar-refractivity contribution in [3.63, 3.8) is 0 Å². The smallest absolute Gasteiger partial charge is 0.271 e. The van der Waals surface area contributed by atoms with Crippen molar-refractivity contribution < 1.29 is 14.3 Å². The van der Waals surface area contributed by atoms with Gasteiger partial charge in [-0.25, -0.2) is 4.99 Å². The fourth-order valence-corrected chi connectivity index (χ4v) is 5.37. The molecule has 1 fully saturated rings. The van der Waals surface area contributed by atoms with Crippen LogP contribution in [0.3, 0.4) is 0 Å². The third-order valence-electron chi connectivity index (χ3n) is 6.44. The van der Waals surface area contributed by atoms with Crippen LogP contribution in [-0.4, -0.2) is 24.3 Å². The van der Waals surface area contributed by atoms with E-state index < -0.39 is 0 Å². The first kappa shape index (κ1) is 29.0. The third-order valence-corrected chi connectivity index (χ3v) is 7.41. The average molecular weight is 553 g/mol. The highest BCUT2D eigenvalue weighted by Gasteiger charge is 2.35. The number of benzene rings is 3. The molecule has 1 aliphatic heterocycles. The summed E-state index contributed by atoms with van der Waals surface area (Å²) in [6, 6.07) is 20.1. The molecule has 0 radical (unpaired) electrons. The van der Waals surface area contributed by atoms with Gasteiger partial charge in [0.25, 0.3) is 5.91 Å². The van der Waals surface area contributed by atoms with Crippen molar-refractivity contribution in [3.8, 4) is 11.5 Å². The zero-order valence-corrected chi connectivity index (χ0v) is 24.3. The number of hydrogen-bond donors (Lipinski definition) is 0. The van der Waals surface area contributed by atoms with Gasteiger partial charge in [0.2, 0.25) is 0 Å². The van der Waals surface area contributed by atoms with Gasteiger partial charge in [-0.05, 0) is 97.1 Å². The van der Waals surface area contributed by atoms with Crippen molar-refractivity contribution in [1.29, 1.82) is 0 Å². The number of ether oxygens (including phenoxy) is 2. The molecule has 6 heteroatoms. The lowest BCUT2D eigenvalue weighted by atomic mass is 10.0. The number of aliphatic imine (C=N–C) groups is 1. The Morgan fingerprint density at radius 3 is 2.17 bits per heavy atom. The van der Waals surface area contributed by atoms with E-state index in [0.29, 0.717) is 41.2 Å². The quantitative estimate of drug-likeness (QED) is 0.167. The minimum atomic E-state index is -0.117. The molecule has 0 unspecified atom stereocenters. The van der Waals surface area contributed by atoms with E-state index >= 15 is 0 Å². The van der Waals surface area contributed by atoms with Crippen LogP contribution in [0.4, 0.5) is 11.4 Å². The molecule has 0 aromatic heterocycles. The summed E-state index contributed by atoms with van der Waals surface area (Å²) in [6.07, 6.45) is 7.92. The Morgan fingerprint density at radius 2 is 1.57 bits per heavy atom. The van der Waals surface area contributed by atoms with E-state index in [2.05, 4.69) is 51.3 Å². The molecule has 3 aromatic rings. The topological polar surface area (TPSA) is 51.1 Å². The maximum absolute atomic E-state index is 13.9. The summed E-state index contributed by atoms with van der Waals surface area (Å²) >= 11 is 1.37. The van der Waals surface area contributed by atoms with Crippen molar-refractivity contribution in [1.82, 2.24) is 0 Å². The van der Waals surface area contributed by atoms with E-state index in [-0.39, 0.29) is 5.91 Å². The van der Waals surface area contributed by atoms with Gasteiger partial charge in [0.05, 0.1) is 22.9 Å². The highest BCUT2D eigenvalue weighted by atomic mass is 32.2. The zero-order chi connectivity index (χ0) is 28.5. The second-order valence-corrected chi connectivity index (χ2v) is 10.2. The predicted octanol–water partition coefficient (Wildman–Crippen LogP) is 8.31. The fraction of sp³-hybridized carbons (Fsp3) is 0.235. The van der Waals surface area contributed by atoms with Crippen LogP contribution in [0.1, 0.15) is 43.0 Å². The van der Waals surface area contributed by atoms with Crippen LogP contribution in [0.2, 0.25) is 0 Å². The summed E-state index contributed by atoms with van der Waals surface area (Å²) in [4.78, 5) is 21.0. The fourth-order valence-electron chi connectivity index (χ4n) is 4.37. The normalized spacial score (nSPS) is 15.1. The van der Waals surface area contributed by atoms with Gasteiger partial charge in [0.15, 0.2) is 16.7 Å². The molecule has 1 aliphatic rings. The molecule has 0 bridgehead atoms. The largest absolute Gasteiger partial charge is 0.490 e. The number of rotatable bonds is 12. The van der Waals surface area contributed by atoms with Crippen LogP contribution in [0, 0.1) is 0 Å². The Hall–Kier alpha value is -4.03. The highest BCUT2D eigenvalue weighted by Crippen LogP contribution is 2.40. The van der Waals surface area contributed by atoms with Crippen LogP contribution >= 0.6 is 11.8 Å². The molecule has 1 amide bonds. The number of anilines is 1. The van der Waals surface area contributed by atoms with Crippen molar-refractivity contribution in [2.75, 3.05) is 18.1 Å². The van der Waals surface area contributed by atoms with E-state index in [1.807, 2.05) is 55.5 Å². The number of amides is 1. The van der Waals surface area contributed by atoms with Gasteiger partial charge in [-0.2, -0.15) is 0 Å². The van der Waals surface area contributed by atoms with Crippen LogP contribution in [0.25, 0.3) is 6.08 Å². The van der Waals surface area contributed by atoms with Crippen molar-refractivity contribution in [2.24, 2.45) is 4.99 Å². The second kappa shape index (κ2) is 13.9. The van der Waals surface area contributed by atoms with Crippen LogP contribution in [0.15, 0.2) is 95.9 Å². The lowest BCUT2D eigenvalue weighted by Gasteiger charge is -2.16. The third kappa shape index (κ3) is 6.75. The number of carbonyl (C=O) groups is 1. The van der Waals surface area contributed by atoms with Crippen LogP contribution in [0.5, 0.6) is 11.5 Å². The van der Waals surface area contributed by atoms with Crippen molar-refractivity contribution in [2.45, 2.75) is 40.0 Å². The van der Waals surface area contributed by atoms with E-state index in [4.69, 9.17) is 14.5 Å². The van der Waals surface area contributed by atoms with Crippen molar-refractivity contribution >= 4 is 40.3 Å². The number of aryl methyl sites for hydroxylation is 2. The summed E-state index contributed by atoms with van der Waals surface area (Å²) < 4.78 is 11.9. The molecular formula is C34H36N2O3S. The monoisotopic (exact) mass is 552 g/mol. The second-order valence-electron chi connectivity index (χ2n) is 9.22. The summed E-state index contributed by atoms with van der Waals surface area (Å²) in [5.41, 5.74) is 5.83. The first-order valence-corrected chi connectivity index (χ1v) is 14.5.